The Morgan fingerprint density at radius 3 is 2.52 bits per heavy atom. The number of amides is 2. The van der Waals surface area contributed by atoms with Gasteiger partial charge in [0.05, 0.1) is 11.0 Å². The number of rotatable bonds is 8. The molecule has 0 aliphatic rings. The van der Waals surface area contributed by atoms with Gasteiger partial charge in [0.2, 0.25) is 11.8 Å². The van der Waals surface area contributed by atoms with E-state index in [-0.39, 0.29) is 30.1 Å². The van der Waals surface area contributed by atoms with Crippen molar-refractivity contribution in [2.24, 2.45) is 5.92 Å². The minimum atomic E-state index is -0.306. The monoisotopic (exact) mass is 396 g/mol. The fraction of sp³-hybridized carbons (Fsp3) is 0.318. The quantitative estimate of drug-likeness (QED) is 0.615. The number of carbonyl (C=O) groups is 2. The summed E-state index contributed by atoms with van der Waals surface area (Å²) in [6, 6.07) is 13.7. The molecule has 0 unspecified atom stereocenters. The molecule has 2 aromatic carbocycles. The lowest BCUT2D eigenvalue weighted by atomic mass is 10.2. The predicted molar refractivity (Wildman–Crippen MR) is 110 cm³/mol. The number of carbonyl (C=O) groups excluding carboxylic acids is 2. The summed E-state index contributed by atoms with van der Waals surface area (Å²) in [6.07, 6.45) is 0.526. The molecule has 0 aliphatic carbocycles. The highest BCUT2D eigenvalue weighted by Gasteiger charge is 2.14. The highest BCUT2D eigenvalue weighted by Crippen LogP contribution is 2.16. The molecule has 6 nitrogen and oxygen atoms in total. The fourth-order valence-electron chi connectivity index (χ4n) is 3.00. The molecule has 3 aromatic rings. The zero-order chi connectivity index (χ0) is 20.8. The Labute approximate surface area is 169 Å². The van der Waals surface area contributed by atoms with Crippen molar-refractivity contribution in [2.45, 2.75) is 33.4 Å². The lowest BCUT2D eigenvalue weighted by Gasteiger charge is -2.11. The summed E-state index contributed by atoms with van der Waals surface area (Å²) in [4.78, 5) is 28.9. The molecule has 3 rings (SSSR count). The van der Waals surface area contributed by atoms with Gasteiger partial charge in [-0.3, -0.25) is 9.59 Å². The van der Waals surface area contributed by atoms with Crippen molar-refractivity contribution in [3.63, 3.8) is 0 Å². The molecule has 0 radical (unpaired) electrons. The molecule has 0 saturated heterocycles. The molecule has 7 heteroatoms. The molecule has 0 bridgehead atoms. The predicted octanol–water partition coefficient (Wildman–Crippen LogP) is 2.81. The minimum absolute atomic E-state index is 0.00954. The second-order valence-electron chi connectivity index (χ2n) is 7.20. The van der Waals surface area contributed by atoms with E-state index in [0.29, 0.717) is 19.5 Å². The maximum atomic E-state index is 13.0. The molecule has 0 fully saturated rings. The van der Waals surface area contributed by atoms with Crippen LogP contribution < -0.4 is 10.6 Å². The number of imidazole rings is 1. The van der Waals surface area contributed by atoms with E-state index in [1.807, 2.05) is 42.7 Å². The Hall–Kier alpha value is -3.22. The van der Waals surface area contributed by atoms with Gasteiger partial charge in [-0.2, -0.15) is 0 Å². The summed E-state index contributed by atoms with van der Waals surface area (Å²) in [5.41, 5.74) is 2.51. The second-order valence-corrected chi connectivity index (χ2v) is 7.20. The van der Waals surface area contributed by atoms with Crippen LogP contribution in [-0.4, -0.2) is 27.9 Å². The number of fused-ring (bicyclic) bond motifs is 1. The maximum Gasteiger partial charge on any atom is 0.240 e. The zero-order valence-corrected chi connectivity index (χ0v) is 16.6. The van der Waals surface area contributed by atoms with Crippen molar-refractivity contribution in [1.82, 2.24) is 20.2 Å². The number of halogens is 1. The summed E-state index contributed by atoms with van der Waals surface area (Å²) in [7, 11) is 0. The molecule has 0 aliphatic heterocycles. The number of para-hydroxylation sites is 2. The second kappa shape index (κ2) is 9.32. The molecule has 0 saturated carbocycles. The molecule has 2 amide bonds. The van der Waals surface area contributed by atoms with E-state index in [0.717, 1.165) is 22.4 Å². The smallest absolute Gasteiger partial charge is 0.240 e. The van der Waals surface area contributed by atoms with Gasteiger partial charge in [-0.25, -0.2) is 9.37 Å². The molecule has 29 heavy (non-hydrogen) atoms. The first-order valence-corrected chi connectivity index (χ1v) is 9.67. The molecular weight excluding hydrogens is 371 g/mol. The standard InChI is InChI=1S/C22H25FN4O2/c1-15(2)22(29)24-12-11-20-26-18-5-3-4-6-19(18)27(20)14-21(28)25-13-16-7-9-17(23)10-8-16/h3-10,15H,11-14H2,1-2H3,(H,24,29)(H,25,28). The Morgan fingerprint density at radius 2 is 1.79 bits per heavy atom. The summed E-state index contributed by atoms with van der Waals surface area (Å²) in [5.74, 6) is 0.187. The van der Waals surface area contributed by atoms with E-state index >= 15 is 0 Å². The van der Waals surface area contributed by atoms with Crippen LogP contribution in [0.5, 0.6) is 0 Å². The Morgan fingerprint density at radius 1 is 1.07 bits per heavy atom. The van der Waals surface area contributed by atoms with Crippen molar-refractivity contribution >= 4 is 22.8 Å². The van der Waals surface area contributed by atoms with Crippen LogP contribution in [0, 0.1) is 11.7 Å². The molecule has 1 heterocycles. The van der Waals surface area contributed by atoms with Crippen LogP contribution in [-0.2, 0) is 29.1 Å². The fourth-order valence-corrected chi connectivity index (χ4v) is 3.00. The van der Waals surface area contributed by atoms with Gasteiger partial charge in [0.1, 0.15) is 18.2 Å². The van der Waals surface area contributed by atoms with E-state index in [9.17, 15) is 14.0 Å². The van der Waals surface area contributed by atoms with E-state index < -0.39 is 0 Å². The molecule has 152 valence electrons. The lowest BCUT2D eigenvalue weighted by Crippen LogP contribution is -2.31. The van der Waals surface area contributed by atoms with E-state index in [1.54, 1.807) is 12.1 Å². The van der Waals surface area contributed by atoms with Crippen molar-refractivity contribution in [1.29, 1.82) is 0 Å². The molecule has 2 N–H and O–H groups in total. The van der Waals surface area contributed by atoms with Gasteiger partial charge in [0.15, 0.2) is 0 Å². The largest absolute Gasteiger partial charge is 0.355 e. The van der Waals surface area contributed by atoms with Crippen LogP contribution in [0.2, 0.25) is 0 Å². The van der Waals surface area contributed by atoms with Gasteiger partial charge in [-0.1, -0.05) is 38.1 Å². The summed E-state index contributed by atoms with van der Waals surface area (Å²) in [5, 5.41) is 5.74. The highest BCUT2D eigenvalue weighted by molar-refractivity contribution is 5.81. The Balaban J connectivity index is 1.68. The van der Waals surface area contributed by atoms with E-state index in [1.165, 1.54) is 12.1 Å². The number of nitrogens with one attached hydrogen (secondary N) is 2. The highest BCUT2D eigenvalue weighted by atomic mass is 19.1. The van der Waals surface area contributed by atoms with Crippen LogP contribution in [0.15, 0.2) is 48.5 Å². The summed E-state index contributed by atoms with van der Waals surface area (Å²) >= 11 is 0. The van der Waals surface area contributed by atoms with Gasteiger partial charge < -0.3 is 15.2 Å². The van der Waals surface area contributed by atoms with Crippen molar-refractivity contribution in [2.75, 3.05) is 6.54 Å². The van der Waals surface area contributed by atoms with Gasteiger partial charge >= 0.3 is 0 Å². The van der Waals surface area contributed by atoms with Crippen LogP contribution in [0.25, 0.3) is 11.0 Å². The molecule has 0 atom stereocenters. The Bertz CT molecular complexity index is 996. The lowest BCUT2D eigenvalue weighted by molar-refractivity contribution is -0.124. The first-order valence-electron chi connectivity index (χ1n) is 9.67. The van der Waals surface area contributed by atoms with Gasteiger partial charge in [-0.05, 0) is 29.8 Å². The molecular formula is C22H25FN4O2. The van der Waals surface area contributed by atoms with Crippen LogP contribution in [0.1, 0.15) is 25.2 Å². The number of hydrogen-bond donors (Lipinski definition) is 2. The number of aromatic nitrogens is 2. The van der Waals surface area contributed by atoms with Crippen molar-refractivity contribution in [3.8, 4) is 0 Å². The third-order valence-corrected chi connectivity index (χ3v) is 4.61. The minimum Gasteiger partial charge on any atom is -0.355 e. The van der Waals surface area contributed by atoms with Crippen LogP contribution in [0.4, 0.5) is 4.39 Å². The first-order chi connectivity index (χ1) is 13.9. The van der Waals surface area contributed by atoms with Gasteiger partial charge in [-0.15, -0.1) is 0 Å². The third kappa shape index (κ3) is 5.40. The summed E-state index contributed by atoms with van der Waals surface area (Å²) < 4.78 is 14.9. The SMILES string of the molecule is CC(C)C(=O)NCCc1nc2ccccc2n1CC(=O)NCc1ccc(F)cc1. The number of benzene rings is 2. The van der Waals surface area contributed by atoms with Crippen molar-refractivity contribution < 1.29 is 14.0 Å². The van der Waals surface area contributed by atoms with E-state index in [4.69, 9.17) is 0 Å². The van der Waals surface area contributed by atoms with Crippen molar-refractivity contribution in [3.05, 3.63) is 65.7 Å². The first kappa shape index (κ1) is 20.5. The average molecular weight is 396 g/mol. The normalized spacial score (nSPS) is 11.0. The zero-order valence-electron chi connectivity index (χ0n) is 16.6. The van der Waals surface area contributed by atoms with Gasteiger partial charge in [0.25, 0.3) is 0 Å². The molecule has 1 aromatic heterocycles. The average Bonchev–Trinajstić information content (AvgIpc) is 3.05. The van der Waals surface area contributed by atoms with Crippen LogP contribution in [0.3, 0.4) is 0 Å². The maximum absolute atomic E-state index is 13.0. The van der Waals surface area contributed by atoms with Crippen LogP contribution >= 0.6 is 0 Å². The summed E-state index contributed by atoms with van der Waals surface area (Å²) in [6.45, 7) is 4.59. The third-order valence-electron chi connectivity index (χ3n) is 4.61. The van der Waals surface area contributed by atoms with Gasteiger partial charge in [0, 0.05) is 25.4 Å². The Kier molecular flexibility index (Phi) is 6.59. The van der Waals surface area contributed by atoms with E-state index in [2.05, 4.69) is 15.6 Å². The molecule has 0 spiro atoms. The number of hydrogen-bond acceptors (Lipinski definition) is 3. The topological polar surface area (TPSA) is 76.0 Å². The number of nitrogens with zero attached hydrogens (tertiary/aromatic N) is 2.